The Hall–Kier alpha value is -3.78. The summed E-state index contributed by atoms with van der Waals surface area (Å²) in [7, 11) is 3.01. The molecule has 1 amide bonds. The van der Waals surface area contributed by atoms with Gasteiger partial charge in [-0.15, -0.1) is 0 Å². The number of hydrogen-bond acceptors (Lipinski definition) is 5. The van der Waals surface area contributed by atoms with Crippen molar-refractivity contribution in [3.63, 3.8) is 0 Å². The van der Waals surface area contributed by atoms with Crippen molar-refractivity contribution in [2.75, 3.05) is 26.1 Å². The monoisotopic (exact) mass is 536 g/mol. The number of pyridine rings is 1. The summed E-state index contributed by atoms with van der Waals surface area (Å²) in [5, 5.41) is 3.76. The molecule has 0 bridgehead atoms. The molecule has 35 heavy (non-hydrogen) atoms. The molecule has 180 valence electrons. The van der Waals surface area contributed by atoms with Crippen LogP contribution < -0.4 is 25.1 Å². The van der Waals surface area contributed by atoms with Crippen molar-refractivity contribution in [2.24, 2.45) is 0 Å². The Labute approximate surface area is 211 Å². The van der Waals surface area contributed by atoms with Crippen LogP contribution in [0.4, 0.5) is 5.69 Å². The lowest BCUT2D eigenvalue weighted by molar-refractivity contribution is 0.102. The topological polar surface area (TPSA) is 78.8 Å². The normalized spacial score (nSPS) is 10.8. The molecule has 0 radical (unpaired) electrons. The van der Waals surface area contributed by atoms with Gasteiger partial charge >= 0.3 is 0 Å². The van der Waals surface area contributed by atoms with Crippen LogP contribution in [0.3, 0.4) is 0 Å². The highest BCUT2D eigenvalue weighted by Gasteiger charge is 2.20. The molecule has 0 aliphatic heterocycles. The zero-order valence-electron chi connectivity index (χ0n) is 19.8. The van der Waals surface area contributed by atoms with E-state index in [2.05, 4.69) is 21.2 Å². The zero-order chi connectivity index (χ0) is 25.1. The SMILES string of the molecule is CCOc1ccc(-n2cc(C(=O)Nc3ccc(Br)cc3C)c3cc(OC)c(OC)cc3c2=O)cc1. The molecule has 3 aromatic carbocycles. The van der Waals surface area contributed by atoms with Crippen molar-refractivity contribution in [1.29, 1.82) is 0 Å². The number of carbonyl (C=O) groups excluding carboxylic acids is 1. The Balaban J connectivity index is 1.92. The van der Waals surface area contributed by atoms with Gasteiger partial charge < -0.3 is 19.5 Å². The third kappa shape index (κ3) is 4.88. The van der Waals surface area contributed by atoms with E-state index in [1.54, 1.807) is 42.6 Å². The van der Waals surface area contributed by atoms with Crippen LogP contribution in [0.15, 0.2) is 70.1 Å². The van der Waals surface area contributed by atoms with Gasteiger partial charge in [0.05, 0.1) is 31.8 Å². The molecule has 0 saturated carbocycles. The number of carbonyl (C=O) groups is 1. The minimum absolute atomic E-state index is 0.290. The molecule has 0 aliphatic rings. The van der Waals surface area contributed by atoms with E-state index in [0.29, 0.717) is 51.6 Å². The van der Waals surface area contributed by atoms with Crippen LogP contribution in [-0.2, 0) is 0 Å². The standard InChI is InChI=1S/C27H25BrN2O5/c1-5-35-19-9-7-18(8-10-19)30-15-22(26(31)29-23-11-6-17(28)12-16(23)2)20-13-24(33-3)25(34-4)14-21(20)27(30)32/h6-15H,5H2,1-4H3,(H,29,31). The molecule has 4 aromatic rings. The number of fused-ring (bicyclic) bond motifs is 1. The number of ether oxygens (including phenoxy) is 3. The summed E-state index contributed by atoms with van der Waals surface area (Å²) in [5.41, 5.74) is 2.20. The van der Waals surface area contributed by atoms with Gasteiger partial charge in [-0.2, -0.15) is 0 Å². The van der Waals surface area contributed by atoms with Crippen molar-refractivity contribution in [2.45, 2.75) is 13.8 Å². The summed E-state index contributed by atoms with van der Waals surface area (Å²) in [6.45, 7) is 4.35. The molecule has 0 aliphatic carbocycles. The van der Waals surface area contributed by atoms with Gasteiger partial charge in [-0.05, 0) is 74.0 Å². The maximum Gasteiger partial charge on any atom is 0.263 e. The maximum atomic E-state index is 13.5. The number of methoxy groups -OCH3 is 2. The lowest BCUT2D eigenvalue weighted by Crippen LogP contribution is -2.23. The first-order valence-corrected chi connectivity index (χ1v) is 11.8. The van der Waals surface area contributed by atoms with Crippen LogP contribution in [0.25, 0.3) is 16.5 Å². The van der Waals surface area contributed by atoms with E-state index in [1.165, 1.54) is 18.8 Å². The van der Waals surface area contributed by atoms with Crippen molar-refractivity contribution in [3.8, 4) is 22.9 Å². The second-order valence-corrected chi connectivity index (χ2v) is 8.73. The Bertz CT molecular complexity index is 1460. The van der Waals surface area contributed by atoms with Gasteiger partial charge in [0.2, 0.25) is 0 Å². The van der Waals surface area contributed by atoms with E-state index < -0.39 is 0 Å². The summed E-state index contributed by atoms with van der Waals surface area (Å²) in [6.07, 6.45) is 1.55. The number of nitrogens with one attached hydrogen (secondary N) is 1. The van der Waals surface area contributed by atoms with E-state index in [4.69, 9.17) is 14.2 Å². The fourth-order valence-corrected chi connectivity index (χ4v) is 4.34. The molecule has 0 spiro atoms. The average Bonchev–Trinajstić information content (AvgIpc) is 2.86. The first-order valence-electron chi connectivity index (χ1n) is 11.0. The molecule has 1 N–H and O–H groups in total. The number of amides is 1. The first kappa shape index (κ1) is 24.3. The minimum Gasteiger partial charge on any atom is -0.494 e. The van der Waals surface area contributed by atoms with Gasteiger partial charge in [0.15, 0.2) is 11.5 Å². The molecular weight excluding hydrogens is 512 g/mol. The number of halogens is 1. The molecule has 8 heteroatoms. The smallest absolute Gasteiger partial charge is 0.263 e. The minimum atomic E-state index is -0.354. The quantitative estimate of drug-likeness (QED) is 0.326. The molecular formula is C27H25BrN2O5. The fraction of sp³-hybridized carbons (Fsp3) is 0.185. The Kier molecular flexibility index (Phi) is 7.12. The van der Waals surface area contributed by atoms with E-state index >= 15 is 0 Å². The molecule has 0 saturated heterocycles. The third-order valence-electron chi connectivity index (χ3n) is 5.63. The van der Waals surface area contributed by atoms with Crippen LogP contribution in [0.2, 0.25) is 0 Å². The second kappa shape index (κ2) is 10.2. The zero-order valence-corrected chi connectivity index (χ0v) is 21.4. The lowest BCUT2D eigenvalue weighted by Gasteiger charge is -2.16. The van der Waals surface area contributed by atoms with Gasteiger partial charge in [0.25, 0.3) is 11.5 Å². The van der Waals surface area contributed by atoms with Crippen molar-refractivity contribution in [1.82, 2.24) is 4.57 Å². The molecule has 0 unspecified atom stereocenters. The van der Waals surface area contributed by atoms with Crippen molar-refractivity contribution >= 4 is 38.3 Å². The number of anilines is 1. The van der Waals surface area contributed by atoms with Gasteiger partial charge in [0.1, 0.15) is 5.75 Å². The average molecular weight is 537 g/mol. The Morgan fingerprint density at radius 1 is 0.971 bits per heavy atom. The fourth-order valence-electron chi connectivity index (χ4n) is 3.87. The molecule has 7 nitrogen and oxygen atoms in total. The maximum absolute atomic E-state index is 13.5. The van der Waals surface area contributed by atoms with Crippen molar-refractivity contribution in [3.05, 3.63) is 86.7 Å². The highest BCUT2D eigenvalue weighted by atomic mass is 79.9. The molecule has 1 aromatic heterocycles. The van der Waals surface area contributed by atoms with Crippen LogP contribution in [0.5, 0.6) is 17.2 Å². The van der Waals surface area contributed by atoms with Gasteiger partial charge in [-0.3, -0.25) is 14.2 Å². The number of aromatic nitrogens is 1. The van der Waals surface area contributed by atoms with Crippen LogP contribution in [-0.4, -0.2) is 31.3 Å². The highest BCUT2D eigenvalue weighted by molar-refractivity contribution is 9.10. The van der Waals surface area contributed by atoms with E-state index in [9.17, 15) is 9.59 Å². The largest absolute Gasteiger partial charge is 0.494 e. The number of benzene rings is 3. The predicted octanol–water partition coefficient (Wildman–Crippen LogP) is 5.73. The second-order valence-electron chi connectivity index (χ2n) is 7.81. The summed E-state index contributed by atoms with van der Waals surface area (Å²) in [6, 6.07) is 16.0. The molecule has 4 rings (SSSR count). The number of hydrogen-bond donors (Lipinski definition) is 1. The summed E-state index contributed by atoms with van der Waals surface area (Å²) in [4.78, 5) is 27.1. The van der Waals surface area contributed by atoms with Crippen LogP contribution >= 0.6 is 15.9 Å². The first-order chi connectivity index (χ1) is 16.9. The van der Waals surface area contributed by atoms with Gasteiger partial charge in [-0.25, -0.2) is 0 Å². The Morgan fingerprint density at radius 3 is 2.23 bits per heavy atom. The predicted molar refractivity (Wildman–Crippen MR) is 141 cm³/mol. The van der Waals surface area contributed by atoms with Crippen LogP contribution in [0, 0.1) is 6.92 Å². The van der Waals surface area contributed by atoms with E-state index in [0.717, 1.165) is 10.0 Å². The molecule has 0 fully saturated rings. The summed E-state index contributed by atoms with van der Waals surface area (Å²) in [5.74, 6) is 1.16. The summed E-state index contributed by atoms with van der Waals surface area (Å²) < 4.78 is 18.7. The van der Waals surface area contributed by atoms with E-state index in [1.807, 2.05) is 32.0 Å². The lowest BCUT2D eigenvalue weighted by atomic mass is 10.0. The molecule has 0 atom stereocenters. The van der Waals surface area contributed by atoms with Gasteiger partial charge in [-0.1, -0.05) is 15.9 Å². The van der Waals surface area contributed by atoms with Crippen LogP contribution in [0.1, 0.15) is 22.8 Å². The summed E-state index contributed by atoms with van der Waals surface area (Å²) >= 11 is 3.44. The number of rotatable bonds is 7. The molecule has 1 heterocycles. The van der Waals surface area contributed by atoms with Crippen molar-refractivity contribution < 1.29 is 19.0 Å². The highest BCUT2D eigenvalue weighted by Crippen LogP contribution is 2.33. The van der Waals surface area contributed by atoms with E-state index in [-0.39, 0.29) is 11.5 Å². The number of nitrogens with zero attached hydrogens (tertiary/aromatic N) is 1. The third-order valence-corrected chi connectivity index (χ3v) is 6.12. The Morgan fingerprint density at radius 2 is 1.63 bits per heavy atom. The van der Waals surface area contributed by atoms with Gasteiger partial charge in [0, 0.05) is 27.4 Å². The number of aryl methyl sites for hydroxylation is 1.